The first-order chi connectivity index (χ1) is 16.0. The van der Waals surface area contributed by atoms with E-state index in [1.807, 2.05) is 47.1 Å². The van der Waals surface area contributed by atoms with E-state index in [0.717, 1.165) is 28.8 Å². The molecule has 0 radical (unpaired) electrons. The van der Waals surface area contributed by atoms with Crippen LogP contribution in [-0.2, 0) is 22.6 Å². The van der Waals surface area contributed by atoms with Crippen LogP contribution in [0, 0.1) is 12.8 Å². The average Bonchev–Trinajstić information content (AvgIpc) is 3.17. The Balaban J connectivity index is 1.58. The van der Waals surface area contributed by atoms with Gasteiger partial charge in [-0.15, -0.1) is 5.10 Å². The Hall–Kier alpha value is -3.48. The standard InChI is InChI=1S/C26H31N5O2/c1-3-13-29-14-15-30(25(32)19-31-17-20(2)27-28-31)18-23(26(29)33)16-22-11-7-8-12-24(22)21-9-5-4-6-10-21/h4-12,17,23H,3,13-16,18-19H2,1-2H3/t23-/m0/s1. The zero-order chi connectivity index (χ0) is 23.2. The van der Waals surface area contributed by atoms with Crippen molar-refractivity contribution in [3.05, 3.63) is 72.1 Å². The van der Waals surface area contributed by atoms with Crippen molar-refractivity contribution in [2.24, 2.45) is 5.92 Å². The molecule has 2 aromatic carbocycles. The second-order valence-corrected chi connectivity index (χ2v) is 8.65. The summed E-state index contributed by atoms with van der Waals surface area (Å²) in [6.45, 7) is 6.28. The Morgan fingerprint density at radius 1 is 1.06 bits per heavy atom. The minimum atomic E-state index is -0.287. The van der Waals surface area contributed by atoms with Crippen LogP contribution in [0.4, 0.5) is 0 Å². The van der Waals surface area contributed by atoms with E-state index in [4.69, 9.17) is 0 Å². The summed E-state index contributed by atoms with van der Waals surface area (Å²) in [6.07, 6.45) is 3.25. The van der Waals surface area contributed by atoms with Gasteiger partial charge in [0.1, 0.15) is 6.54 Å². The Labute approximate surface area is 195 Å². The number of aryl methyl sites for hydroxylation is 1. The minimum Gasteiger partial charge on any atom is -0.341 e. The highest BCUT2D eigenvalue weighted by Gasteiger charge is 2.32. The molecule has 1 aliphatic heterocycles. The van der Waals surface area contributed by atoms with Crippen LogP contribution in [0.2, 0.25) is 0 Å². The van der Waals surface area contributed by atoms with Crippen molar-refractivity contribution >= 4 is 11.8 Å². The van der Waals surface area contributed by atoms with Crippen molar-refractivity contribution in [1.82, 2.24) is 24.8 Å². The molecule has 4 rings (SSSR count). The number of carbonyl (C=O) groups excluding carboxylic acids is 2. The van der Waals surface area contributed by atoms with Gasteiger partial charge >= 0.3 is 0 Å². The van der Waals surface area contributed by atoms with Crippen LogP contribution in [0.25, 0.3) is 11.1 Å². The average molecular weight is 446 g/mol. The second kappa shape index (κ2) is 10.4. The van der Waals surface area contributed by atoms with Gasteiger partial charge < -0.3 is 9.80 Å². The van der Waals surface area contributed by atoms with Gasteiger partial charge in [-0.1, -0.05) is 66.7 Å². The highest BCUT2D eigenvalue weighted by Crippen LogP contribution is 2.27. The molecule has 1 atom stereocenters. The highest BCUT2D eigenvalue weighted by atomic mass is 16.2. The summed E-state index contributed by atoms with van der Waals surface area (Å²) < 4.78 is 1.56. The number of amides is 2. The molecule has 0 N–H and O–H groups in total. The summed E-state index contributed by atoms with van der Waals surface area (Å²) in [6, 6.07) is 18.5. The first-order valence-corrected chi connectivity index (χ1v) is 11.6. The van der Waals surface area contributed by atoms with Crippen LogP contribution in [0.1, 0.15) is 24.6 Å². The van der Waals surface area contributed by atoms with Gasteiger partial charge in [0.2, 0.25) is 11.8 Å². The molecule has 2 heterocycles. The van der Waals surface area contributed by atoms with Crippen LogP contribution >= 0.6 is 0 Å². The molecule has 33 heavy (non-hydrogen) atoms. The molecular weight excluding hydrogens is 414 g/mol. The third-order valence-electron chi connectivity index (χ3n) is 6.11. The fourth-order valence-electron chi connectivity index (χ4n) is 4.49. The second-order valence-electron chi connectivity index (χ2n) is 8.65. The van der Waals surface area contributed by atoms with Crippen molar-refractivity contribution in [3.63, 3.8) is 0 Å². The molecule has 0 unspecified atom stereocenters. The van der Waals surface area contributed by atoms with Gasteiger partial charge in [0.15, 0.2) is 0 Å². The summed E-state index contributed by atoms with van der Waals surface area (Å²) in [5, 5.41) is 7.98. The Morgan fingerprint density at radius 2 is 1.82 bits per heavy atom. The summed E-state index contributed by atoms with van der Waals surface area (Å²) in [5.41, 5.74) is 4.17. The largest absolute Gasteiger partial charge is 0.341 e. The Morgan fingerprint density at radius 3 is 2.55 bits per heavy atom. The molecule has 1 fully saturated rings. The van der Waals surface area contributed by atoms with Crippen molar-refractivity contribution in [2.75, 3.05) is 26.2 Å². The number of carbonyl (C=O) groups is 2. The number of aromatic nitrogens is 3. The molecule has 7 heteroatoms. The predicted octanol–water partition coefficient (Wildman–Crippen LogP) is 3.19. The van der Waals surface area contributed by atoms with Crippen molar-refractivity contribution in [1.29, 1.82) is 0 Å². The molecule has 172 valence electrons. The van der Waals surface area contributed by atoms with Gasteiger partial charge in [-0.3, -0.25) is 9.59 Å². The van der Waals surface area contributed by atoms with E-state index < -0.39 is 0 Å². The summed E-state index contributed by atoms with van der Waals surface area (Å²) in [4.78, 5) is 30.3. The summed E-state index contributed by atoms with van der Waals surface area (Å²) in [5.74, 6) is -0.190. The van der Waals surface area contributed by atoms with E-state index in [9.17, 15) is 9.59 Å². The molecule has 0 saturated carbocycles. The van der Waals surface area contributed by atoms with E-state index in [2.05, 4.69) is 41.5 Å². The maximum Gasteiger partial charge on any atom is 0.244 e. The molecule has 1 aromatic heterocycles. The molecular formula is C26H31N5O2. The Bertz CT molecular complexity index is 1090. The van der Waals surface area contributed by atoms with Gasteiger partial charge in [0, 0.05) is 32.4 Å². The molecule has 3 aromatic rings. The van der Waals surface area contributed by atoms with E-state index in [0.29, 0.717) is 32.6 Å². The normalized spacial score (nSPS) is 16.7. The monoisotopic (exact) mass is 445 g/mol. The first kappa shape index (κ1) is 22.7. The van der Waals surface area contributed by atoms with Gasteiger partial charge in [-0.2, -0.15) is 0 Å². The van der Waals surface area contributed by atoms with Gasteiger partial charge in [0.25, 0.3) is 0 Å². The van der Waals surface area contributed by atoms with E-state index >= 15 is 0 Å². The van der Waals surface area contributed by atoms with Crippen molar-refractivity contribution < 1.29 is 9.59 Å². The third kappa shape index (κ3) is 5.48. The number of hydrogen-bond acceptors (Lipinski definition) is 4. The van der Waals surface area contributed by atoms with Crippen LogP contribution in [0.3, 0.4) is 0 Å². The number of rotatable bonds is 7. The molecule has 0 bridgehead atoms. The lowest BCUT2D eigenvalue weighted by molar-refractivity contribution is -0.135. The maximum absolute atomic E-state index is 13.5. The molecule has 0 spiro atoms. The smallest absolute Gasteiger partial charge is 0.244 e. The van der Waals surface area contributed by atoms with Crippen LogP contribution in [-0.4, -0.2) is 62.8 Å². The fourth-order valence-corrected chi connectivity index (χ4v) is 4.49. The highest BCUT2D eigenvalue weighted by molar-refractivity contribution is 5.82. The SMILES string of the molecule is CCCN1CCN(C(=O)Cn2cc(C)nn2)C[C@H](Cc2ccccc2-c2ccccc2)C1=O. The lowest BCUT2D eigenvalue weighted by Crippen LogP contribution is -2.39. The Kier molecular flexibility index (Phi) is 7.17. The molecule has 7 nitrogen and oxygen atoms in total. The topological polar surface area (TPSA) is 71.3 Å². The molecule has 1 aliphatic rings. The lowest BCUT2D eigenvalue weighted by atomic mass is 9.91. The number of hydrogen-bond donors (Lipinski definition) is 0. The van der Waals surface area contributed by atoms with Gasteiger partial charge in [-0.25, -0.2) is 4.68 Å². The maximum atomic E-state index is 13.5. The van der Waals surface area contributed by atoms with Crippen LogP contribution in [0.5, 0.6) is 0 Å². The molecule has 2 amide bonds. The fraction of sp³-hybridized carbons (Fsp3) is 0.385. The first-order valence-electron chi connectivity index (χ1n) is 11.6. The van der Waals surface area contributed by atoms with Gasteiger partial charge in [-0.05, 0) is 36.5 Å². The van der Waals surface area contributed by atoms with Gasteiger partial charge in [0.05, 0.1) is 11.6 Å². The summed E-state index contributed by atoms with van der Waals surface area (Å²) >= 11 is 0. The van der Waals surface area contributed by atoms with Crippen molar-refractivity contribution in [3.8, 4) is 11.1 Å². The summed E-state index contributed by atoms with van der Waals surface area (Å²) in [7, 11) is 0. The zero-order valence-corrected chi connectivity index (χ0v) is 19.4. The third-order valence-corrected chi connectivity index (χ3v) is 6.11. The van der Waals surface area contributed by atoms with E-state index in [-0.39, 0.29) is 24.3 Å². The van der Waals surface area contributed by atoms with Crippen LogP contribution in [0.15, 0.2) is 60.8 Å². The minimum absolute atomic E-state index is 0.0348. The van der Waals surface area contributed by atoms with Crippen LogP contribution < -0.4 is 0 Å². The van der Waals surface area contributed by atoms with E-state index in [1.54, 1.807) is 10.9 Å². The molecule has 0 aliphatic carbocycles. The lowest BCUT2D eigenvalue weighted by Gasteiger charge is -2.24. The zero-order valence-electron chi connectivity index (χ0n) is 19.4. The molecule has 1 saturated heterocycles. The number of nitrogens with zero attached hydrogens (tertiary/aromatic N) is 5. The van der Waals surface area contributed by atoms with E-state index in [1.165, 1.54) is 0 Å². The quantitative estimate of drug-likeness (QED) is 0.560. The predicted molar refractivity (Wildman–Crippen MR) is 127 cm³/mol. The number of benzene rings is 2. The van der Waals surface area contributed by atoms with Crippen molar-refractivity contribution in [2.45, 2.75) is 33.2 Å².